The van der Waals surface area contributed by atoms with Crippen molar-refractivity contribution < 1.29 is 23.9 Å². The number of anilines is 1. The Morgan fingerprint density at radius 2 is 1.74 bits per heavy atom. The van der Waals surface area contributed by atoms with Crippen LogP contribution in [0, 0.1) is 0 Å². The predicted molar refractivity (Wildman–Crippen MR) is 137 cm³/mol. The summed E-state index contributed by atoms with van der Waals surface area (Å²) in [5.74, 6) is 0.335. The summed E-state index contributed by atoms with van der Waals surface area (Å²) in [5, 5.41) is -0.452. The summed E-state index contributed by atoms with van der Waals surface area (Å²) in [6.07, 6.45) is 1.52. The second-order valence-corrected chi connectivity index (χ2v) is 9.51. The molecule has 2 heterocycles. The maximum atomic E-state index is 13.0. The Morgan fingerprint density at radius 3 is 2.40 bits per heavy atom. The number of piperazine rings is 1. The van der Waals surface area contributed by atoms with E-state index in [2.05, 4.69) is 4.90 Å². The summed E-state index contributed by atoms with van der Waals surface area (Å²) in [6.45, 7) is 6.02. The van der Waals surface area contributed by atoms with Gasteiger partial charge in [-0.3, -0.25) is 19.3 Å². The topological polar surface area (TPSA) is 79.4 Å². The molecule has 0 radical (unpaired) electrons. The van der Waals surface area contributed by atoms with Gasteiger partial charge in [0.1, 0.15) is 6.54 Å². The van der Waals surface area contributed by atoms with Crippen molar-refractivity contribution in [2.75, 3.05) is 44.7 Å². The molecule has 2 aliphatic heterocycles. The molecule has 0 spiro atoms. The van der Waals surface area contributed by atoms with E-state index in [1.807, 2.05) is 44.2 Å². The third kappa shape index (κ3) is 5.62. The largest absolute Gasteiger partial charge is 0.493 e. The van der Waals surface area contributed by atoms with Crippen LogP contribution in [0.25, 0.3) is 6.08 Å². The number of thioether (sulfide) groups is 1. The molecule has 0 atom stereocenters. The van der Waals surface area contributed by atoms with Crippen LogP contribution < -0.4 is 14.4 Å². The minimum absolute atomic E-state index is 0.103. The summed E-state index contributed by atoms with van der Waals surface area (Å²) in [5.41, 5.74) is 1.75. The quantitative estimate of drug-likeness (QED) is 0.540. The van der Waals surface area contributed by atoms with Crippen LogP contribution in [0.1, 0.15) is 19.4 Å². The number of nitrogens with zero attached hydrogens (tertiary/aromatic N) is 3. The molecule has 3 amide bonds. The van der Waals surface area contributed by atoms with Gasteiger partial charge in [-0.25, -0.2) is 0 Å². The van der Waals surface area contributed by atoms with Crippen LogP contribution in [0.3, 0.4) is 0 Å². The van der Waals surface area contributed by atoms with Crippen LogP contribution >= 0.6 is 11.8 Å². The molecule has 2 saturated heterocycles. The average molecular weight is 496 g/mol. The fourth-order valence-corrected chi connectivity index (χ4v) is 4.86. The first kappa shape index (κ1) is 24.7. The number of rotatable bonds is 7. The van der Waals surface area contributed by atoms with E-state index in [9.17, 15) is 14.4 Å². The second-order valence-electron chi connectivity index (χ2n) is 8.52. The van der Waals surface area contributed by atoms with E-state index >= 15 is 0 Å². The van der Waals surface area contributed by atoms with Crippen molar-refractivity contribution in [3.63, 3.8) is 0 Å². The molecule has 8 nitrogen and oxygen atoms in total. The van der Waals surface area contributed by atoms with E-state index in [1.165, 1.54) is 0 Å². The van der Waals surface area contributed by atoms with Crippen molar-refractivity contribution in [2.45, 2.75) is 20.0 Å². The fraction of sp³-hybridized carbons (Fsp3) is 0.346. The maximum Gasteiger partial charge on any atom is 0.294 e. The van der Waals surface area contributed by atoms with Gasteiger partial charge >= 0.3 is 0 Å². The molecule has 0 saturated carbocycles. The van der Waals surface area contributed by atoms with E-state index in [0.717, 1.165) is 22.3 Å². The Kier molecular flexibility index (Phi) is 7.65. The SMILES string of the molecule is COc1cccc(/C=C2/SC(=O)N(CC(=O)N3CCN(c4ccccc4)CC3)C2=O)c1OC(C)C. The van der Waals surface area contributed by atoms with Gasteiger partial charge in [-0.05, 0) is 49.9 Å². The van der Waals surface area contributed by atoms with Crippen molar-refractivity contribution in [1.82, 2.24) is 9.80 Å². The first-order chi connectivity index (χ1) is 16.9. The van der Waals surface area contributed by atoms with Gasteiger partial charge in [0, 0.05) is 37.4 Å². The molecule has 184 valence electrons. The van der Waals surface area contributed by atoms with Gasteiger partial charge in [0.05, 0.1) is 18.1 Å². The van der Waals surface area contributed by atoms with Crippen LogP contribution in [-0.4, -0.2) is 72.8 Å². The van der Waals surface area contributed by atoms with Gasteiger partial charge in [0.25, 0.3) is 11.1 Å². The Labute approximate surface area is 209 Å². The zero-order valence-corrected chi connectivity index (χ0v) is 20.9. The third-order valence-corrected chi connectivity index (χ3v) is 6.70. The minimum Gasteiger partial charge on any atom is -0.493 e. The summed E-state index contributed by atoms with van der Waals surface area (Å²) < 4.78 is 11.3. The molecular weight excluding hydrogens is 466 g/mol. The van der Waals surface area contributed by atoms with Crippen molar-refractivity contribution in [3.8, 4) is 11.5 Å². The lowest BCUT2D eigenvalue weighted by Crippen LogP contribution is -2.51. The third-order valence-electron chi connectivity index (χ3n) is 5.79. The molecule has 35 heavy (non-hydrogen) atoms. The van der Waals surface area contributed by atoms with Gasteiger partial charge in [0.2, 0.25) is 5.91 Å². The number of ether oxygens (including phenoxy) is 2. The minimum atomic E-state index is -0.477. The van der Waals surface area contributed by atoms with E-state index in [4.69, 9.17) is 9.47 Å². The normalized spacial score (nSPS) is 17.5. The summed E-state index contributed by atoms with van der Waals surface area (Å²) in [7, 11) is 1.55. The Hall–Kier alpha value is -3.46. The van der Waals surface area contributed by atoms with E-state index in [0.29, 0.717) is 43.2 Å². The van der Waals surface area contributed by atoms with Crippen molar-refractivity contribution in [2.24, 2.45) is 0 Å². The Morgan fingerprint density at radius 1 is 1.03 bits per heavy atom. The van der Waals surface area contributed by atoms with Gasteiger partial charge in [-0.2, -0.15) is 0 Å². The zero-order chi connectivity index (χ0) is 24.9. The number of amides is 3. The fourth-order valence-electron chi connectivity index (χ4n) is 4.03. The number of carbonyl (C=O) groups excluding carboxylic acids is 3. The van der Waals surface area contributed by atoms with E-state index in [-0.39, 0.29) is 23.5 Å². The number of methoxy groups -OCH3 is 1. The number of imide groups is 1. The molecule has 9 heteroatoms. The van der Waals surface area contributed by atoms with E-state index < -0.39 is 11.1 Å². The van der Waals surface area contributed by atoms with E-state index in [1.54, 1.807) is 36.3 Å². The number of hydrogen-bond acceptors (Lipinski definition) is 7. The van der Waals surface area contributed by atoms with Crippen LogP contribution in [0.4, 0.5) is 10.5 Å². The number of hydrogen-bond donors (Lipinski definition) is 0. The van der Waals surface area contributed by atoms with Crippen LogP contribution in [0.2, 0.25) is 0 Å². The summed E-state index contributed by atoms with van der Waals surface area (Å²) in [6, 6.07) is 15.4. The lowest BCUT2D eigenvalue weighted by atomic mass is 10.1. The molecule has 0 bridgehead atoms. The monoisotopic (exact) mass is 495 g/mol. The molecule has 0 N–H and O–H groups in total. The first-order valence-corrected chi connectivity index (χ1v) is 12.4. The lowest BCUT2D eigenvalue weighted by molar-refractivity contribution is -0.136. The maximum absolute atomic E-state index is 13.0. The highest BCUT2D eigenvalue weighted by molar-refractivity contribution is 8.18. The second kappa shape index (κ2) is 10.9. The summed E-state index contributed by atoms with van der Waals surface area (Å²) >= 11 is 0.827. The molecule has 2 aromatic carbocycles. The number of benzene rings is 2. The van der Waals surface area contributed by atoms with Crippen LogP contribution in [0.5, 0.6) is 11.5 Å². The Balaban J connectivity index is 1.42. The molecule has 2 fully saturated rings. The summed E-state index contributed by atoms with van der Waals surface area (Å²) in [4.78, 5) is 43.8. The highest BCUT2D eigenvalue weighted by Crippen LogP contribution is 2.37. The highest BCUT2D eigenvalue weighted by atomic mass is 32.2. The number of carbonyl (C=O) groups is 3. The van der Waals surface area contributed by atoms with Crippen molar-refractivity contribution in [1.29, 1.82) is 0 Å². The zero-order valence-electron chi connectivity index (χ0n) is 20.1. The van der Waals surface area contributed by atoms with Gasteiger partial charge in [-0.1, -0.05) is 30.3 Å². The average Bonchev–Trinajstić information content (AvgIpc) is 3.12. The lowest BCUT2D eigenvalue weighted by Gasteiger charge is -2.36. The molecule has 4 rings (SSSR count). The molecule has 0 aromatic heterocycles. The highest BCUT2D eigenvalue weighted by Gasteiger charge is 2.37. The van der Waals surface area contributed by atoms with Crippen molar-refractivity contribution in [3.05, 3.63) is 59.0 Å². The standard InChI is InChI=1S/C26H29N3O5S/c1-18(2)34-24-19(8-7-11-21(24)33-3)16-22-25(31)29(26(32)35-22)17-23(30)28-14-12-27(13-15-28)20-9-5-4-6-10-20/h4-11,16,18H,12-15,17H2,1-3H3/b22-16+. The van der Waals surface area contributed by atoms with Gasteiger partial charge in [0.15, 0.2) is 11.5 Å². The molecular formula is C26H29N3O5S. The molecule has 2 aliphatic rings. The first-order valence-electron chi connectivity index (χ1n) is 11.5. The van der Waals surface area contributed by atoms with Crippen LogP contribution in [0.15, 0.2) is 53.4 Å². The van der Waals surface area contributed by atoms with Crippen LogP contribution in [-0.2, 0) is 9.59 Å². The van der Waals surface area contributed by atoms with Crippen molar-refractivity contribution >= 4 is 40.6 Å². The van der Waals surface area contributed by atoms with Gasteiger partial charge < -0.3 is 19.3 Å². The van der Waals surface area contributed by atoms with Gasteiger partial charge in [-0.15, -0.1) is 0 Å². The molecule has 0 unspecified atom stereocenters. The smallest absolute Gasteiger partial charge is 0.294 e. The predicted octanol–water partition coefficient (Wildman–Crippen LogP) is 3.87. The molecule has 2 aromatic rings. The molecule has 0 aliphatic carbocycles. The number of para-hydroxylation sites is 2. The Bertz CT molecular complexity index is 1130.